The van der Waals surface area contributed by atoms with Crippen LogP contribution in [0, 0.1) is 18.6 Å². The molecule has 10 heteroatoms. The summed E-state index contributed by atoms with van der Waals surface area (Å²) in [7, 11) is 2.87. The van der Waals surface area contributed by atoms with Gasteiger partial charge in [0.1, 0.15) is 5.82 Å². The topological polar surface area (TPSA) is 89.1 Å². The predicted molar refractivity (Wildman–Crippen MR) is 145 cm³/mol. The van der Waals surface area contributed by atoms with E-state index in [-0.39, 0.29) is 18.0 Å². The molecule has 1 aliphatic carbocycles. The van der Waals surface area contributed by atoms with Gasteiger partial charge in [0.2, 0.25) is 5.91 Å². The standard InChI is InChI=1S/C28H30F2N6O.CH4O/c1-17-27(34(2)33-32-17)18-11-14-24-23(15-18)31-28(36(24)19-7-4-3-5-8-19)25-9-6-10-26(37)35(25)20-12-13-21(29)22(30)16-20;1-2/h11-16,19,25H,3-10H2,1-2H3;2H,1H3/t25-;/m0./s1. The first-order chi connectivity index (χ1) is 18.9. The minimum Gasteiger partial charge on any atom is -0.400 e. The molecule has 1 saturated heterocycles. The van der Waals surface area contributed by atoms with Gasteiger partial charge in [-0.05, 0) is 56.9 Å². The summed E-state index contributed by atoms with van der Waals surface area (Å²) in [5.41, 5.74) is 5.01. The fourth-order valence-corrected chi connectivity index (χ4v) is 6.15. The number of piperidine rings is 1. The Labute approximate surface area is 226 Å². The van der Waals surface area contributed by atoms with Crippen LogP contribution in [0.4, 0.5) is 14.5 Å². The number of amides is 1. The first-order valence-electron chi connectivity index (χ1n) is 13.5. The number of fused-ring (bicyclic) bond motifs is 1. The number of aliphatic hydroxyl groups excluding tert-OH is 1. The van der Waals surface area contributed by atoms with E-state index in [1.54, 1.807) is 9.58 Å². The van der Waals surface area contributed by atoms with Crippen molar-refractivity contribution in [2.75, 3.05) is 12.0 Å². The number of hydrogen-bond acceptors (Lipinski definition) is 5. The van der Waals surface area contributed by atoms with E-state index in [9.17, 15) is 13.6 Å². The van der Waals surface area contributed by atoms with E-state index in [0.29, 0.717) is 18.5 Å². The van der Waals surface area contributed by atoms with Gasteiger partial charge >= 0.3 is 0 Å². The maximum atomic E-state index is 14.2. The minimum absolute atomic E-state index is 0.0956. The van der Waals surface area contributed by atoms with E-state index in [1.807, 2.05) is 14.0 Å². The zero-order valence-corrected chi connectivity index (χ0v) is 22.6. The third-order valence-electron chi connectivity index (χ3n) is 7.85. The van der Waals surface area contributed by atoms with Gasteiger partial charge in [-0.2, -0.15) is 0 Å². The van der Waals surface area contributed by atoms with Crippen LogP contribution in [0.3, 0.4) is 0 Å². The molecule has 0 bridgehead atoms. The van der Waals surface area contributed by atoms with Crippen molar-refractivity contribution in [2.24, 2.45) is 7.05 Å². The van der Waals surface area contributed by atoms with Crippen molar-refractivity contribution in [3.05, 3.63) is 59.6 Å². The van der Waals surface area contributed by atoms with Crippen LogP contribution in [0.1, 0.15) is 75.0 Å². The fraction of sp³-hybridized carbons (Fsp3) is 0.448. The third kappa shape index (κ3) is 4.93. The Morgan fingerprint density at radius 1 is 0.949 bits per heavy atom. The van der Waals surface area contributed by atoms with Gasteiger partial charge in [0.15, 0.2) is 11.6 Å². The summed E-state index contributed by atoms with van der Waals surface area (Å²) in [5.74, 6) is -1.16. The van der Waals surface area contributed by atoms with Gasteiger partial charge in [0.05, 0.1) is 28.5 Å². The van der Waals surface area contributed by atoms with Crippen molar-refractivity contribution in [3.8, 4) is 11.3 Å². The molecule has 1 saturated carbocycles. The normalized spacial score (nSPS) is 18.4. The molecule has 206 valence electrons. The van der Waals surface area contributed by atoms with Crippen LogP contribution in [0.2, 0.25) is 0 Å². The summed E-state index contributed by atoms with van der Waals surface area (Å²) in [5, 5.41) is 15.3. The molecule has 1 atom stereocenters. The Morgan fingerprint density at radius 3 is 2.41 bits per heavy atom. The monoisotopic (exact) mass is 536 g/mol. The molecule has 0 radical (unpaired) electrons. The summed E-state index contributed by atoms with van der Waals surface area (Å²) in [4.78, 5) is 20.0. The number of nitrogens with zero attached hydrogens (tertiary/aromatic N) is 6. The van der Waals surface area contributed by atoms with Crippen molar-refractivity contribution >= 4 is 22.6 Å². The summed E-state index contributed by atoms with van der Waals surface area (Å²) < 4.78 is 32.0. The van der Waals surface area contributed by atoms with Gasteiger partial charge < -0.3 is 14.6 Å². The van der Waals surface area contributed by atoms with Crippen LogP contribution in [-0.4, -0.2) is 42.7 Å². The molecule has 4 aromatic rings. The Kier molecular flexibility index (Phi) is 7.74. The van der Waals surface area contributed by atoms with Crippen LogP contribution in [0.25, 0.3) is 22.3 Å². The van der Waals surface area contributed by atoms with Crippen molar-refractivity contribution in [1.82, 2.24) is 24.5 Å². The molecule has 2 aliphatic rings. The number of hydrogen-bond donors (Lipinski definition) is 1. The molecule has 1 N–H and O–H groups in total. The maximum absolute atomic E-state index is 14.2. The van der Waals surface area contributed by atoms with Crippen LogP contribution >= 0.6 is 0 Å². The molecular formula is C29H34F2N6O2. The van der Waals surface area contributed by atoms with E-state index < -0.39 is 11.6 Å². The number of benzene rings is 2. The van der Waals surface area contributed by atoms with E-state index in [2.05, 4.69) is 33.1 Å². The van der Waals surface area contributed by atoms with Gasteiger partial charge in [0, 0.05) is 43.9 Å². The third-order valence-corrected chi connectivity index (χ3v) is 7.85. The molecule has 2 fully saturated rings. The van der Waals surface area contributed by atoms with Crippen LogP contribution in [-0.2, 0) is 11.8 Å². The summed E-state index contributed by atoms with van der Waals surface area (Å²) in [6.45, 7) is 1.94. The second kappa shape index (κ2) is 11.2. The highest BCUT2D eigenvalue weighted by Crippen LogP contribution is 2.41. The highest BCUT2D eigenvalue weighted by atomic mass is 19.2. The Balaban J connectivity index is 0.00000151. The number of halogens is 2. The largest absolute Gasteiger partial charge is 0.400 e. The molecule has 2 aromatic carbocycles. The first kappa shape index (κ1) is 26.9. The zero-order chi connectivity index (χ0) is 27.7. The molecule has 2 aromatic heterocycles. The molecule has 0 spiro atoms. The smallest absolute Gasteiger partial charge is 0.227 e. The number of aryl methyl sites for hydroxylation is 2. The summed E-state index contributed by atoms with van der Waals surface area (Å²) in [6, 6.07) is 9.87. The summed E-state index contributed by atoms with van der Waals surface area (Å²) >= 11 is 0. The van der Waals surface area contributed by atoms with E-state index in [0.717, 1.165) is 85.2 Å². The Hall–Kier alpha value is -3.66. The lowest BCUT2D eigenvalue weighted by Crippen LogP contribution is -2.40. The first-order valence-corrected chi connectivity index (χ1v) is 13.5. The molecule has 6 rings (SSSR count). The Bertz CT molecular complexity index is 1470. The lowest BCUT2D eigenvalue weighted by molar-refractivity contribution is -0.120. The number of anilines is 1. The van der Waals surface area contributed by atoms with E-state index in [1.165, 1.54) is 12.5 Å². The quantitative estimate of drug-likeness (QED) is 0.357. The Morgan fingerprint density at radius 2 is 1.72 bits per heavy atom. The maximum Gasteiger partial charge on any atom is 0.227 e. The highest BCUT2D eigenvalue weighted by Gasteiger charge is 2.36. The second-order valence-electron chi connectivity index (χ2n) is 10.3. The number of carbonyl (C=O) groups excluding carboxylic acids is 1. The van der Waals surface area contributed by atoms with Gasteiger partial charge in [0.25, 0.3) is 0 Å². The number of carbonyl (C=O) groups is 1. The number of imidazole rings is 1. The molecule has 1 aliphatic heterocycles. The van der Waals surface area contributed by atoms with Gasteiger partial charge in [-0.15, -0.1) is 5.10 Å². The van der Waals surface area contributed by atoms with Crippen molar-refractivity contribution in [1.29, 1.82) is 0 Å². The van der Waals surface area contributed by atoms with Crippen molar-refractivity contribution in [2.45, 2.75) is 70.4 Å². The molecular weight excluding hydrogens is 502 g/mol. The molecule has 1 amide bonds. The average molecular weight is 537 g/mol. The number of rotatable bonds is 4. The number of aliphatic hydroxyl groups is 1. The molecule has 3 heterocycles. The lowest BCUT2D eigenvalue weighted by atomic mass is 9.94. The van der Waals surface area contributed by atoms with E-state index in [4.69, 9.17) is 10.1 Å². The molecule has 0 unspecified atom stereocenters. The predicted octanol–water partition coefficient (Wildman–Crippen LogP) is 5.79. The number of aromatic nitrogens is 5. The second-order valence-corrected chi connectivity index (χ2v) is 10.3. The van der Waals surface area contributed by atoms with Gasteiger partial charge in [-0.1, -0.05) is 30.5 Å². The molecule has 39 heavy (non-hydrogen) atoms. The average Bonchev–Trinajstić information content (AvgIpc) is 3.50. The van der Waals surface area contributed by atoms with Gasteiger partial charge in [-0.3, -0.25) is 4.79 Å². The van der Waals surface area contributed by atoms with Crippen LogP contribution in [0.15, 0.2) is 36.4 Å². The SMILES string of the molecule is CO.Cc1nnn(C)c1-c1ccc2c(c1)nc([C@@H]1CCCC(=O)N1c1ccc(F)c(F)c1)n2C1CCCCC1. The van der Waals surface area contributed by atoms with E-state index >= 15 is 0 Å². The molecule has 8 nitrogen and oxygen atoms in total. The van der Waals surface area contributed by atoms with Crippen molar-refractivity contribution in [3.63, 3.8) is 0 Å². The summed E-state index contributed by atoms with van der Waals surface area (Å²) in [6.07, 6.45) is 7.43. The lowest BCUT2D eigenvalue weighted by Gasteiger charge is -2.37. The fourth-order valence-electron chi connectivity index (χ4n) is 6.15. The van der Waals surface area contributed by atoms with Crippen LogP contribution < -0.4 is 4.90 Å². The zero-order valence-electron chi connectivity index (χ0n) is 22.6. The highest BCUT2D eigenvalue weighted by molar-refractivity contribution is 5.95. The van der Waals surface area contributed by atoms with Gasteiger partial charge in [-0.25, -0.2) is 18.4 Å². The van der Waals surface area contributed by atoms with Crippen molar-refractivity contribution < 1.29 is 18.7 Å². The van der Waals surface area contributed by atoms with Crippen LogP contribution in [0.5, 0.6) is 0 Å². The minimum atomic E-state index is -0.958.